The molecule has 1 atom stereocenters. The predicted octanol–water partition coefficient (Wildman–Crippen LogP) is 5.05. The number of piperidine rings is 1. The van der Waals surface area contributed by atoms with Crippen LogP contribution in [0.2, 0.25) is 0 Å². The zero-order valence-corrected chi connectivity index (χ0v) is 32.5. The van der Waals surface area contributed by atoms with Crippen LogP contribution in [0.4, 0.5) is 10.8 Å². The van der Waals surface area contributed by atoms with Crippen molar-refractivity contribution in [1.29, 1.82) is 5.26 Å². The summed E-state index contributed by atoms with van der Waals surface area (Å²) in [4.78, 5) is 38.0. The fourth-order valence-electron chi connectivity index (χ4n) is 8.42. The molecule has 0 aromatic carbocycles. The van der Waals surface area contributed by atoms with E-state index in [1.165, 1.54) is 0 Å². The highest BCUT2D eigenvalue weighted by atomic mass is 32.1. The quantitative estimate of drug-likeness (QED) is 0.180. The maximum Gasteiger partial charge on any atom is 0.234 e. The Morgan fingerprint density at radius 1 is 0.930 bits per heavy atom. The number of aromatic nitrogens is 6. The molecule has 0 spiro atoms. The Morgan fingerprint density at radius 2 is 1.77 bits per heavy atom. The second kappa shape index (κ2) is 16.5. The summed E-state index contributed by atoms with van der Waals surface area (Å²) in [7, 11) is 0. The molecule has 3 aliphatic heterocycles. The summed E-state index contributed by atoms with van der Waals surface area (Å²) < 4.78 is 13.7. The molecule has 2 amide bonds. The second-order valence-electron chi connectivity index (χ2n) is 15.4. The van der Waals surface area contributed by atoms with Gasteiger partial charge in [0.25, 0.3) is 0 Å². The number of fused-ring (bicyclic) bond motifs is 1. The van der Waals surface area contributed by atoms with E-state index in [9.17, 15) is 14.9 Å². The molecule has 4 fully saturated rings. The van der Waals surface area contributed by atoms with Gasteiger partial charge in [0.1, 0.15) is 12.2 Å². The van der Waals surface area contributed by atoms with E-state index in [0.717, 1.165) is 128 Å². The number of nitrogens with one attached hydrogen (secondary N) is 2. The molecular formula is C41H45N11O4S. The van der Waals surface area contributed by atoms with E-state index >= 15 is 0 Å². The maximum atomic E-state index is 12.2. The van der Waals surface area contributed by atoms with Crippen molar-refractivity contribution >= 4 is 39.5 Å². The number of hydrogen-bond donors (Lipinski definition) is 2. The predicted molar refractivity (Wildman–Crippen MR) is 214 cm³/mol. The van der Waals surface area contributed by atoms with E-state index < -0.39 is 0 Å². The lowest BCUT2D eigenvalue weighted by atomic mass is 9.87. The lowest BCUT2D eigenvalue weighted by molar-refractivity contribution is -0.134. The Bertz CT molecular complexity index is 2270. The summed E-state index contributed by atoms with van der Waals surface area (Å²) in [6.45, 7) is 6.32. The minimum atomic E-state index is -0.338. The van der Waals surface area contributed by atoms with Crippen molar-refractivity contribution in [3.05, 3.63) is 66.1 Å². The Morgan fingerprint density at radius 3 is 2.54 bits per heavy atom. The number of amides is 2. The molecule has 294 valence electrons. The monoisotopic (exact) mass is 787 g/mol. The number of ether oxygens (including phenoxy) is 2. The smallest absolute Gasteiger partial charge is 0.234 e. The fourth-order valence-corrected chi connectivity index (χ4v) is 9.34. The summed E-state index contributed by atoms with van der Waals surface area (Å²) in [5.41, 5.74) is 5.69. The molecule has 16 heteroatoms. The van der Waals surface area contributed by atoms with Crippen molar-refractivity contribution < 1.29 is 19.1 Å². The summed E-state index contributed by atoms with van der Waals surface area (Å²) in [6, 6.07) is 14.0. The molecule has 1 saturated carbocycles. The summed E-state index contributed by atoms with van der Waals surface area (Å²) in [5.74, 6) is 0.426. The standard InChI is InChI=1S/C41H45N11O4S/c42-21-27-19-30-4-8-36(52(30)45-22-27)35-20-34(46-29-11-17-55-18-12-29)33(24-43-35)40-48-49-41(57-40)51-15-13-50(14-16-51)25-26-1-5-31(6-2-26)56-38-10-3-28(23-44-38)32-7-9-37(53)47-39(32)54/h3-4,8,10,19-20,22-24,26,29,31-32H,1-2,5-7,9,11-18,25H2,(H,43,46)(H,47,53,54)/t26-,31-,32-/m0/s1. The van der Waals surface area contributed by atoms with Crippen molar-refractivity contribution in [2.75, 3.05) is 56.2 Å². The number of anilines is 2. The van der Waals surface area contributed by atoms with Crippen LogP contribution in [0.5, 0.6) is 5.88 Å². The summed E-state index contributed by atoms with van der Waals surface area (Å²) in [6.07, 6.45) is 12.3. The third-order valence-electron chi connectivity index (χ3n) is 11.7. The average Bonchev–Trinajstić information content (AvgIpc) is 3.91. The number of carbonyl (C=O) groups is 2. The second-order valence-corrected chi connectivity index (χ2v) is 16.4. The van der Waals surface area contributed by atoms with Gasteiger partial charge in [-0.3, -0.25) is 24.8 Å². The number of nitriles is 1. The van der Waals surface area contributed by atoms with Crippen molar-refractivity contribution in [2.45, 2.75) is 69.4 Å². The fraction of sp³-hybridized carbons (Fsp3) is 0.463. The summed E-state index contributed by atoms with van der Waals surface area (Å²) in [5, 5.41) is 31.1. The summed E-state index contributed by atoms with van der Waals surface area (Å²) >= 11 is 1.61. The third kappa shape index (κ3) is 8.32. The van der Waals surface area contributed by atoms with Crippen LogP contribution in [0.25, 0.3) is 27.5 Å². The first kappa shape index (κ1) is 37.1. The zero-order chi connectivity index (χ0) is 38.7. The molecule has 0 bridgehead atoms. The number of piperazine rings is 1. The van der Waals surface area contributed by atoms with Gasteiger partial charge in [-0.05, 0) is 80.7 Å². The lowest BCUT2D eigenvalue weighted by Crippen LogP contribution is -2.48. The van der Waals surface area contributed by atoms with Crippen LogP contribution in [0.1, 0.15) is 68.4 Å². The number of imide groups is 1. The topological polar surface area (TPSA) is 176 Å². The molecule has 3 saturated heterocycles. The van der Waals surface area contributed by atoms with E-state index in [4.69, 9.17) is 14.5 Å². The highest BCUT2D eigenvalue weighted by molar-refractivity contribution is 7.18. The molecule has 2 N–H and O–H groups in total. The number of rotatable bonds is 10. The lowest BCUT2D eigenvalue weighted by Gasteiger charge is -2.37. The van der Waals surface area contributed by atoms with Crippen LogP contribution in [-0.4, -0.2) is 105 Å². The van der Waals surface area contributed by atoms with Gasteiger partial charge in [0, 0.05) is 82.5 Å². The van der Waals surface area contributed by atoms with E-state index in [-0.39, 0.29) is 29.9 Å². The van der Waals surface area contributed by atoms with Gasteiger partial charge in [0.15, 0.2) is 5.01 Å². The van der Waals surface area contributed by atoms with E-state index in [2.05, 4.69) is 52.8 Å². The van der Waals surface area contributed by atoms with Crippen molar-refractivity contribution in [1.82, 2.24) is 40.0 Å². The van der Waals surface area contributed by atoms with Crippen LogP contribution in [0, 0.1) is 17.2 Å². The third-order valence-corrected chi connectivity index (χ3v) is 12.7. The van der Waals surface area contributed by atoms with E-state index in [1.807, 2.05) is 41.0 Å². The molecule has 1 aliphatic carbocycles. The molecule has 9 rings (SSSR count). The van der Waals surface area contributed by atoms with Crippen LogP contribution in [0.3, 0.4) is 0 Å². The van der Waals surface area contributed by atoms with E-state index in [0.29, 0.717) is 30.2 Å². The van der Waals surface area contributed by atoms with Gasteiger partial charge in [-0.25, -0.2) is 9.50 Å². The first-order valence-electron chi connectivity index (χ1n) is 20.0. The van der Waals surface area contributed by atoms with Crippen LogP contribution < -0.4 is 20.3 Å². The molecule has 8 heterocycles. The van der Waals surface area contributed by atoms with Gasteiger partial charge in [-0.1, -0.05) is 17.4 Å². The van der Waals surface area contributed by atoms with Crippen molar-refractivity contribution in [2.24, 2.45) is 5.92 Å². The number of pyridine rings is 2. The molecular weight excluding hydrogens is 743 g/mol. The largest absolute Gasteiger partial charge is 0.474 e. The molecule has 15 nitrogen and oxygen atoms in total. The molecule has 5 aromatic heterocycles. The Hall–Kier alpha value is -5.50. The molecule has 0 radical (unpaired) electrons. The minimum absolute atomic E-state index is 0.141. The Labute approximate surface area is 334 Å². The molecule has 0 unspecified atom stereocenters. The van der Waals surface area contributed by atoms with Gasteiger partial charge in [-0.2, -0.15) is 10.4 Å². The highest BCUT2D eigenvalue weighted by Gasteiger charge is 2.30. The Balaban J connectivity index is 0.790. The first-order chi connectivity index (χ1) is 28.0. The van der Waals surface area contributed by atoms with Gasteiger partial charge in [-0.15, -0.1) is 10.2 Å². The maximum absolute atomic E-state index is 12.2. The van der Waals surface area contributed by atoms with Crippen LogP contribution in [0.15, 0.2) is 55.0 Å². The number of carbonyl (C=O) groups excluding carboxylic acids is 2. The first-order valence-corrected chi connectivity index (χ1v) is 20.8. The average molecular weight is 788 g/mol. The van der Waals surface area contributed by atoms with Gasteiger partial charge in [0.05, 0.1) is 40.1 Å². The number of hydrogen-bond acceptors (Lipinski definition) is 14. The van der Waals surface area contributed by atoms with Crippen molar-refractivity contribution in [3.8, 4) is 33.9 Å². The zero-order valence-electron chi connectivity index (χ0n) is 31.7. The number of nitrogens with zero attached hydrogens (tertiary/aromatic N) is 9. The van der Waals surface area contributed by atoms with Gasteiger partial charge < -0.3 is 19.7 Å². The molecule has 57 heavy (non-hydrogen) atoms. The van der Waals surface area contributed by atoms with Gasteiger partial charge >= 0.3 is 0 Å². The van der Waals surface area contributed by atoms with Crippen LogP contribution in [-0.2, 0) is 14.3 Å². The van der Waals surface area contributed by atoms with Gasteiger partial charge in [0.2, 0.25) is 22.8 Å². The van der Waals surface area contributed by atoms with E-state index in [1.54, 1.807) is 23.7 Å². The Kier molecular flexibility index (Phi) is 10.8. The molecule has 5 aromatic rings. The minimum Gasteiger partial charge on any atom is -0.474 e. The van der Waals surface area contributed by atoms with Crippen molar-refractivity contribution in [3.63, 3.8) is 0 Å². The SMILES string of the molecule is N#Cc1cnn2c(-c3cc(NC4CCOCC4)c(-c4nnc(N5CCN(C[C@H]6CC[C@H](Oc7ccc([C@@H]8CCC(=O)NC8=O)cn7)CC6)CC5)s4)cn3)ccc2c1. The normalized spacial score (nSPS) is 22.3. The molecule has 4 aliphatic rings. The highest BCUT2D eigenvalue weighted by Crippen LogP contribution is 2.37. The van der Waals surface area contributed by atoms with Crippen LogP contribution >= 0.6 is 11.3 Å².